The van der Waals surface area contributed by atoms with E-state index in [0.29, 0.717) is 22.6 Å². The highest BCUT2D eigenvalue weighted by Crippen LogP contribution is 2.49. The Balaban J connectivity index is 1.91. The first-order valence-corrected chi connectivity index (χ1v) is 8.69. The maximum absolute atomic E-state index is 12.7. The summed E-state index contributed by atoms with van der Waals surface area (Å²) in [5, 5.41) is 30.6. The van der Waals surface area contributed by atoms with Crippen molar-refractivity contribution in [3.05, 3.63) is 52.2 Å². The van der Waals surface area contributed by atoms with E-state index in [1.54, 1.807) is 32.0 Å². The highest BCUT2D eigenvalue weighted by molar-refractivity contribution is 5.88. The van der Waals surface area contributed by atoms with Gasteiger partial charge in [-0.25, -0.2) is 0 Å². The average Bonchev–Trinajstić information content (AvgIpc) is 2.92. The van der Waals surface area contributed by atoms with Crippen molar-refractivity contribution in [2.45, 2.75) is 38.4 Å². The molecule has 0 saturated carbocycles. The van der Waals surface area contributed by atoms with Crippen molar-refractivity contribution in [1.82, 2.24) is 0 Å². The Morgan fingerprint density at radius 1 is 1.07 bits per heavy atom. The van der Waals surface area contributed by atoms with Crippen LogP contribution in [0.4, 0.5) is 0 Å². The number of aromatic hydroxyl groups is 2. The van der Waals surface area contributed by atoms with Gasteiger partial charge in [0.05, 0.1) is 5.60 Å². The van der Waals surface area contributed by atoms with Crippen LogP contribution < -0.4 is 10.2 Å². The van der Waals surface area contributed by atoms with Crippen LogP contribution in [0.25, 0.3) is 22.3 Å². The minimum absolute atomic E-state index is 0.0862. The van der Waals surface area contributed by atoms with E-state index < -0.39 is 11.7 Å². The molecule has 0 spiro atoms. The zero-order valence-corrected chi connectivity index (χ0v) is 15.2. The zero-order chi connectivity index (χ0) is 19.5. The number of phenols is 2. The molecule has 0 unspecified atom stereocenters. The molecule has 0 fully saturated rings. The Bertz CT molecular complexity index is 1090. The predicted molar refractivity (Wildman–Crippen MR) is 100 cm³/mol. The third-order valence-electron chi connectivity index (χ3n) is 5.01. The largest absolute Gasteiger partial charge is 0.508 e. The molecule has 1 aliphatic heterocycles. The number of hydrogen-bond acceptors (Lipinski definition) is 6. The first kappa shape index (κ1) is 17.4. The van der Waals surface area contributed by atoms with Gasteiger partial charge in [0.15, 0.2) is 5.43 Å². The van der Waals surface area contributed by atoms with Crippen LogP contribution >= 0.6 is 0 Å². The summed E-state index contributed by atoms with van der Waals surface area (Å²) in [6, 6.07) is 9.16. The average molecular weight is 368 g/mol. The molecule has 1 aliphatic rings. The van der Waals surface area contributed by atoms with Gasteiger partial charge < -0.3 is 24.5 Å². The van der Waals surface area contributed by atoms with Gasteiger partial charge in [0.1, 0.15) is 40.1 Å². The molecule has 0 amide bonds. The molecule has 1 aromatic heterocycles. The molecule has 27 heavy (non-hydrogen) atoms. The number of benzene rings is 2. The van der Waals surface area contributed by atoms with Gasteiger partial charge in [-0.3, -0.25) is 4.79 Å². The molecule has 6 heteroatoms. The molecule has 0 radical (unpaired) electrons. The van der Waals surface area contributed by atoms with Crippen molar-refractivity contribution in [3.8, 4) is 28.6 Å². The maximum Gasteiger partial charge on any atom is 0.197 e. The highest BCUT2D eigenvalue weighted by Gasteiger charge is 2.43. The second-order valence-corrected chi connectivity index (χ2v) is 7.51. The number of aliphatic hydroxyl groups is 1. The van der Waals surface area contributed by atoms with Gasteiger partial charge in [-0.2, -0.15) is 0 Å². The van der Waals surface area contributed by atoms with Gasteiger partial charge >= 0.3 is 0 Å². The van der Waals surface area contributed by atoms with Gasteiger partial charge in [-0.05, 0) is 38.1 Å². The predicted octanol–water partition coefficient (Wildman–Crippen LogP) is 3.51. The van der Waals surface area contributed by atoms with Crippen molar-refractivity contribution in [2.75, 3.05) is 0 Å². The molecule has 0 bridgehead atoms. The van der Waals surface area contributed by atoms with Crippen molar-refractivity contribution >= 4 is 11.0 Å². The van der Waals surface area contributed by atoms with Crippen LogP contribution in [0.3, 0.4) is 0 Å². The minimum Gasteiger partial charge on any atom is -0.508 e. The van der Waals surface area contributed by atoms with Gasteiger partial charge in [0.2, 0.25) is 0 Å². The van der Waals surface area contributed by atoms with E-state index in [2.05, 4.69) is 0 Å². The summed E-state index contributed by atoms with van der Waals surface area (Å²) in [5.41, 5.74) is -0.176. The smallest absolute Gasteiger partial charge is 0.197 e. The quantitative estimate of drug-likeness (QED) is 0.640. The first-order chi connectivity index (χ1) is 12.7. The van der Waals surface area contributed by atoms with E-state index in [9.17, 15) is 20.1 Å². The number of fused-ring (bicyclic) bond motifs is 2. The Kier molecular flexibility index (Phi) is 3.71. The summed E-state index contributed by atoms with van der Waals surface area (Å²) in [6.07, 6.45) is -0.554. The molecule has 4 rings (SSSR count). The zero-order valence-electron chi connectivity index (χ0n) is 15.2. The topological polar surface area (TPSA) is 100 Å². The number of ether oxygens (including phenoxy) is 1. The van der Waals surface area contributed by atoms with Gasteiger partial charge in [0, 0.05) is 29.2 Å². The molecular weight excluding hydrogens is 348 g/mol. The maximum atomic E-state index is 12.7. The molecular formula is C21H20O6. The summed E-state index contributed by atoms with van der Waals surface area (Å²) >= 11 is 0. The summed E-state index contributed by atoms with van der Waals surface area (Å²) in [4.78, 5) is 12.7. The van der Waals surface area contributed by atoms with Gasteiger partial charge in [-0.15, -0.1) is 0 Å². The summed E-state index contributed by atoms with van der Waals surface area (Å²) in [7, 11) is 0. The Morgan fingerprint density at radius 2 is 1.74 bits per heavy atom. The standard InChI is InChI=1S/C21H20O6/c1-10-17-15(27-20(10)21(2,3)25)9-16-18(19(17)24)13(23)8-14(26-16)11-4-6-12(22)7-5-11/h4-10,20,22,24-25H,1-3H3/t10-,20+/m0/s1. The van der Waals surface area contributed by atoms with Crippen LogP contribution in [-0.2, 0) is 0 Å². The lowest BCUT2D eigenvalue weighted by Gasteiger charge is -2.28. The van der Waals surface area contributed by atoms with Crippen LogP contribution in [0.1, 0.15) is 32.3 Å². The van der Waals surface area contributed by atoms with Crippen molar-refractivity contribution in [1.29, 1.82) is 0 Å². The number of phenolic OH excluding ortho intramolecular Hbond substituents is 2. The van der Waals surface area contributed by atoms with Crippen LogP contribution in [0.2, 0.25) is 0 Å². The summed E-state index contributed by atoms with van der Waals surface area (Å²) in [5.74, 6) is 0.355. The van der Waals surface area contributed by atoms with Crippen LogP contribution in [-0.4, -0.2) is 27.0 Å². The third kappa shape index (κ3) is 2.73. The number of hydrogen-bond donors (Lipinski definition) is 3. The molecule has 140 valence electrons. The van der Waals surface area contributed by atoms with E-state index in [1.807, 2.05) is 6.92 Å². The second-order valence-electron chi connectivity index (χ2n) is 7.51. The second kappa shape index (κ2) is 5.76. The summed E-state index contributed by atoms with van der Waals surface area (Å²) in [6.45, 7) is 5.12. The molecule has 0 aliphatic carbocycles. The van der Waals surface area contributed by atoms with Crippen LogP contribution in [0.15, 0.2) is 45.6 Å². The fourth-order valence-electron chi connectivity index (χ4n) is 3.75. The fraction of sp³-hybridized carbons (Fsp3) is 0.286. The summed E-state index contributed by atoms with van der Waals surface area (Å²) < 4.78 is 11.7. The van der Waals surface area contributed by atoms with Crippen LogP contribution in [0.5, 0.6) is 17.2 Å². The van der Waals surface area contributed by atoms with Gasteiger partial charge in [0.25, 0.3) is 0 Å². The van der Waals surface area contributed by atoms with Crippen molar-refractivity contribution in [2.24, 2.45) is 0 Å². The Hall–Kier alpha value is -2.99. The van der Waals surface area contributed by atoms with Crippen molar-refractivity contribution < 1.29 is 24.5 Å². The first-order valence-electron chi connectivity index (χ1n) is 8.69. The normalized spacial score (nSPS) is 19.1. The Morgan fingerprint density at radius 3 is 2.37 bits per heavy atom. The molecule has 2 aromatic carbocycles. The van der Waals surface area contributed by atoms with Crippen LogP contribution in [0, 0.1) is 0 Å². The molecule has 0 saturated heterocycles. The molecule has 3 aromatic rings. The lowest BCUT2D eigenvalue weighted by atomic mass is 9.87. The van der Waals surface area contributed by atoms with E-state index in [1.165, 1.54) is 18.2 Å². The van der Waals surface area contributed by atoms with Gasteiger partial charge in [-0.1, -0.05) is 6.92 Å². The molecule has 2 atom stereocenters. The third-order valence-corrected chi connectivity index (χ3v) is 5.01. The van der Waals surface area contributed by atoms with Crippen molar-refractivity contribution in [3.63, 3.8) is 0 Å². The van der Waals surface area contributed by atoms with E-state index in [4.69, 9.17) is 9.15 Å². The fourth-order valence-corrected chi connectivity index (χ4v) is 3.75. The monoisotopic (exact) mass is 368 g/mol. The Labute approximate surface area is 155 Å². The lowest BCUT2D eigenvalue weighted by molar-refractivity contribution is -0.0322. The molecule has 6 nitrogen and oxygen atoms in total. The number of rotatable bonds is 2. The lowest BCUT2D eigenvalue weighted by Crippen LogP contribution is -2.40. The molecule has 2 heterocycles. The SMILES string of the molecule is C[C@H]1c2c(cc3oc(-c4ccc(O)cc4)cc(=O)c3c2O)O[C@H]1C(C)(C)O. The van der Waals surface area contributed by atoms with E-state index >= 15 is 0 Å². The van der Waals surface area contributed by atoms with E-state index in [-0.39, 0.29) is 33.8 Å². The minimum atomic E-state index is -1.12. The molecule has 3 N–H and O–H groups in total. The highest BCUT2D eigenvalue weighted by atomic mass is 16.5. The van der Waals surface area contributed by atoms with E-state index in [0.717, 1.165) is 0 Å².